The van der Waals surface area contributed by atoms with Crippen molar-refractivity contribution in [1.82, 2.24) is 19.4 Å². The summed E-state index contributed by atoms with van der Waals surface area (Å²) < 4.78 is 14.7. The van der Waals surface area contributed by atoms with Gasteiger partial charge < -0.3 is 24.9 Å². The molecule has 1 saturated heterocycles. The maximum absolute atomic E-state index is 12.9. The number of halogens is 1. The van der Waals surface area contributed by atoms with Gasteiger partial charge in [0.05, 0.1) is 29.2 Å². The largest absolute Gasteiger partial charge is 0.383 e. The summed E-state index contributed by atoms with van der Waals surface area (Å²) in [4.78, 5) is 35.3. The third-order valence-corrected chi connectivity index (χ3v) is 6.36. The molecule has 5 rings (SSSR count). The van der Waals surface area contributed by atoms with Crippen molar-refractivity contribution in [3.63, 3.8) is 0 Å². The number of aliphatic hydroxyl groups is 1. The molecule has 11 heteroatoms. The van der Waals surface area contributed by atoms with Gasteiger partial charge in [-0.05, 0) is 41.9 Å². The van der Waals surface area contributed by atoms with Gasteiger partial charge in [0.2, 0.25) is 0 Å². The Morgan fingerprint density at radius 2 is 1.91 bits per heavy atom. The zero-order chi connectivity index (χ0) is 23.5. The van der Waals surface area contributed by atoms with Crippen LogP contribution in [-0.4, -0.2) is 60.9 Å². The minimum absolute atomic E-state index is 0.0128. The van der Waals surface area contributed by atoms with E-state index in [1.165, 1.54) is 25.1 Å². The molecule has 0 spiro atoms. The molecule has 33 heavy (non-hydrogen) atoms. The Morgan fingerprint density at radius 3 is 2.55 bits per heavy atom. The van der Waals surface area contributed by atoms with Crippen LogP contribution in [0.4, 0.5) is 5.82 Å². The van der Waals surface area contributed by atoms with E-state index in [-0.39, 0.29) is 18.4 Å². The van der Waals surface area contributed by atoms with Crippen LogP contribution >= 0.6 is 15.9 Å². The quantitative estimate of drug-likeness (QED) is 0.391. The molecule has 3 atom stereocenters. The van der Waals surface area contributed by atoms with Crippen LogP contribution in [0.5, 0.6) is 0 Å². The maximum Gasteiger partial charge on any atom is 0.261 e. The van der Waals surface area contributed by atoms with E-state index >= 15 is 0 Å². The first-order chi connectivity index (χ1) is 15.6. The molecule has 2 amide bonds. The van der Waals surface area contributed by atoms with Crippen LogP contribution < -0.4 is 5.73 Å². The maximum atomic E-state index is 12.9. The first-order valence-electron chi connectivity index (χ1n) is 10.4. The zero-order valence-corrected chi connectivity index (χ0v) is 19.5. The smallest absolute Gasteiger partial charge is 0.261 e. The van der Waals surface area contributed by atoms with Gasteiger partial charge in [0.25, 0.3) is 11.8 Å². The third kappa shape index (κ3) is 3.80. The average Bonchev–Trinajstić information content (AvgIpc) is 3.37. The van der Waals surface area contributed by atoms with E-state index in [4.69, 9.17) is 15.2 Å². The van der Waals surface area contributed by atoms with Crippen molar-refractivity contribution >= 4 is 44.6 Å². The van der Waals surface area contributed by atoms with Crippen molar-refractivity contribution in [3.05, 3.63) is 52.4 Å². The van der Waals surface area contributed by atoms with Gasteiger partial charge in [-0.15, -0.1) is 0 Å². The Labute approximate surface area is 197 Å². The second-order valence-corrected chi connectivity index (χ2v) is 9.43. The molecule has 0 radical (unpaired) electrons. The lowest BCUT2D eigenvalue weighted by Gasteiger charge is -2.28. The van der Waals surface area contributed by atoms with E-state index in [0.717, 1.165) is 0 Å². The van der Waals surface area contributed by atoms with Crippen molar-refractivity contribution in [1.29, 1.82) is 0 Å². The molecule has 2 aromatic heterocycles. The summed E-state index contributed by atoms with van der Waals surface area (Å²) in [7, 11) is 0. The highest BCUT2D eigenvalue weighted by Gasteiger charge is 2.45. The van der Waals surface area contributed by atoms with Gasteiger partial charge in [-0.3, -0.25) is 14.5 Å². The minimum Gasteiger partial charge on any atom is -0.383 e. The van der Waals surface area contributed by atoms with E-state index in [9.17, 15) is 14.7 Å². The third-order valence-electron chi connectivity index (χ3n) is 5.76. The van der Waals surface area contributed by atoms with Crippen LogP contribution in [0.3, 0.4) is 0 Å². The number of aromatic nitrogens is 3. The summed E-state index contributed by atoms with van der Waals surface area (Å²) in [5.74, 6) is -1.86. The Balaban J connectivity index is 1.45. The highest BCUT2D eigenvalue weighted by molar-refractivity contribution is 9.10. The fourth-order valence-corrected chi connectivity index (χ4v) is 5.00. The molecule has 3 N–H and O–H groups in total. The van der Waals surface area contributed by atoms with Gasteiger partial charge in [0.1, 0.15) is 30.1 Å². The highest BCUT2D eigenvalue weighted by atomic mass is 79.9. The van der Waals surface area contributed by atoms with Crippen molar-refractivity contribution in [2.45, 2.75) is 44.5 Å². The number of nitrogens with two attached hydrogens (primary N) is 1. The molecular formula is C22H22BrN5O5. The molecule has 4 heterocycles. The number of amides is 2. The predicted molar refractivity (Wildman–Crippen MR) is 121 cm³/mol. The van der Waals surface area contributed by atoms with Gasteiger partial charge in [0, 0.05) is 17.1 Å². The van der Waals surface area contributed by atoms with Gasteiger partial charge in [-0.1, -0.05) is 12.1 Å². The second kappa shape index (κ2) is 7.87. The summed E-state index contributed by atoms with van der Waals surface area (Å²) in [6.07, 6.45) is 1.75. The fraction of sp³-hybridized carbons (Fsp3) is 0.364. The molecule has 172 valence electrons. The molecule has 3 aromatic rings. The molecule has 2 aliphatic rings. The number of imide groups is 1. The summed E-state index contributed by atoms with van der Waals surface area (Å²) in [6, 6.07) is 6.70. The number of ether oxygens (including phenoxy) is 2. The number of nitrogens with zero attached hydrogens (tertiary/aromatic N) is 4. The van der Waals surface area contributed by atoms with Crippen LogP contribution in [0.1, 0.15) is 47.2 Å². The molecule has 1 aromatic carbocycles. The van der Waals surface area contributed by atoms with E-state index in [0.29, 0.717) is 38.9 Å². The minimum atomic E-state index is -1.44. The number of nitrogen functional groups attached to an aromatic ring is 1. The van der Waals surface area contributed by atoms with Crippen LogP contribution in [0.2, 0.25) is 0 Å². The predicted octanol–water partition coefficient (Wildman–Crippen LogP) is 2.47. The summed E-state index contributed by atoms with van der Waals surface area (Å²) in [5, 5.41) is 11.0. The lowest BCUT2D eigenvalue weighted by Crippen LogP contribution is -2.43. The number of rotatable bonds is 5. The van der Waals surface area contributed by atoms with Crippen LogP contribution in [-0.2, 0) is 9.47 Å². The first kappa shape index (κ1) is 22.0. The number of benzene rings is 1. The molecule has 0 saturated carbocycles. The fourth-order valence-electron chi connectivity index (χ4n) is 4.40. The molecule has 0 aliphatic carbocycles. The Bertz CT molecular complexity index is 1230. The van der Waals surface area contributed by atoms with Gasteiger partial charge in [-0.25, -0.2) is 9.97 Å². The molecule has 0 bridgehead atoms. The van der Waals surface area contributed by atoms with Crippen LogP contribution in [0, 0.1) is 0 Å². The van der Waals surface area contributed by atoms with E-state index in [1.807, 2.05) is 0 Å². The van der Waals surface area contributed by atoms with Gasteiger partial charge in [0.15, 0.2) is 5.79 Å². The molecular weight excluding hydrogens is 494 g/mol. The second-order valence-electron chi connectivity index (χ2n) is 8.58. The van der Waals surface area contributed by atoms with E-state index in [2.05, 4.69) is 25.9 Å². The molecule has 2 unspecified atom stereocenters. The Kier molecular flexibility index (Phi) is 5.24. The lowest BCUT2D eigenvalue weighted by molar-refractivity contribution is -0.214. The number of carbonyl (C=O) groups excluding carboxylic acids is 2. The summed E-state index contributed by atoms with van der Waals surface area (Å²) in [6.45, 7) is 3.03. The molecule has 10 nitrogen and oxygen atoms in total. The number of carbonyl (C=O) groups is 2. The van der Waals surface area contributed by atoms with E-state index < -0.39 is 24.2 Å². The first-order valence-corrected chi connectivity index (χ1v) is 11.2. The van der Waals surface area contributed by atoms with Crippen molar-refractivity contribution in [2.75, 3.05) is 12.3 Å². The Hall–Kier alpha value is -2.86. The topological polar surface area (TPSA) is 133 Å². The SMILES string of the molecule is CC(C)(O)OC1C[C@H](n2cc(Br)c3c(N)ncnc32)OC1CN1C(=O)c2ccccc2C1=O. The number of anilines is 1. The summed E-state index contributed by atoms with van der Waals surface area (Å²) >= 11 is 3.49. The Morgan fingerprint density at radius 1 is 1.24 bits per heavy atom. The van der Waals surface area contributed by atoms with Crippen molar-refractivity contribution in [3.8, 4) is 0 Å². The number of fused-ring (bicyclic) bond motifs is 2. The lowest BCUT2D eigenvalue weighted by atomic mass is 10.1. The standard InChI is InChI=1S/C22H22BrN5O5/c1-22(2,31)33-14-7-16(27-8-13(23)17-18(24)25-10-26-19(17)27)32-15(14)9-28-20(29)11-5-3-4-6-12(11)21(28)30/h3-6,8,10,14-16,31H,7,9H2,1-2H3,(H2,24,25,26)/t14?,15?,16-/m1/s1. The average molecular weight is 516 g/mol. The number of hydrogen-bond acceptors (Lipinski definition) is 8. The number of hydrogen-bond donors (Lipinski definition) is 2. The zero-order valence-electron chi connectivity index (χ0n) is 17.9. The summed E-state index contributed by atoms with van der Waals surface area (Å²) in [5.41, 5.74) is 7.32. The van der Waals surface area contributed by atoms with Gasteiger partial charge >= 0.3 is 0 Å². The van der Waals surface area contributed by atoms with Gasteiger partial charge in [-0.2, -0.15) is 0 Å². The van der Waals surface area contributed by atoms with Crippen LogP contribution in [0.15, 0.2) is 41.3 Å². The highest BCUT2D eigenvalue weighted by Crippen LogP contribution is 2.38. The van der Waals surface area contributed by atoms with E-state index in [1.54, 1.807) is 35.0 Å². The van der Waals surface area contributed by atoms with Crippen LogP contribution in [0.25, 0.3) is 11.0 Å². The van der Waals surface area contributed by atoms with Crippen molar-refractivity contribution in [2.24, 2.45) is 0 Å². The van der Waals surface area contributed by atoms with Crippen molar-refractivity contribution < 1.29 is 24.2 Å². The molecule has 2 aliphatic heterocycles. The monoisotopic (exact) mass is 515 g/mol. The normalized spacial score (nSPS) is 23.0. The molecule has 1 fully saturated rings.